The van der Waals surface area contributed by atoms with Gasteiger partial charge in [0.1, 0.15) is 18.2 Å². The molecule has 0 spiro atoms. The first kappa shape index (κ1) is 22.8. The minimum absolute atomic E-state index is 0.0752. The molecule has 2 aliphatic rings. The summed E-state index contributed by atoms with van der Waals surface area (Å²) >= 11 is 0. The Morgan fingerprint density at radius 2 is 1.55 bits per heavy atom. The molecule has 2 aliphatic carbocycles. The fourth-order valence-corrected chi connectivity index (χ4v) is 5.01. The van der Waals surface area contributed by atoms with Crippen molar-refractivity contribution in [3.8, 4) is 11.1 Å². The number of alkyl carbamates (subject to hydrolysis) is 1. The normalized spacial score (nSPS) is 17.2. The van der Waals surface area contributed by atoms with Crippen molar-refractivity contribution in [3.63, 3.8) is 0 Å². The van der Waals surface area contributed by atoms with Crippen LogP contribution in [0.25, 0.3) is 11.1 Å². The van der Waals surface area contributed by atoms with E-state index in [1.807, 2.05) is 36.4 Å². The summed E-state index contributed by atoms with van der Waals surface area (Å²) in [6.07, 6.45) is 1.79. The largest absolute Gasteiger partial charge is 0.480 e. The van der Waals surface area contributed by atoms with Gasteiger partial charge in [-0.05, 0) is 41.0 Å². The molecule has 3 N–H and O–H groups in total. The lowest BCUT2D eigenvalue weighted by Gasteiger charge is -2.31. The highest BCUT2D eigenvalue weighted by Crippen LogP contribution is 2.44. The van der Waals surface area contributed by atoms with E-state index in [4.69, 9.17) is 4.74 Å². The van der Waals surface area contributed by atoms with Crippen molar-refractivity contribution in [3.05, 3.63) is 59.7 Å². The third-order valence-corrected chi connectivity index (χ3v) is 6.80. The highest BCUT2D eigenvalue weighted by atomic mass is 16.5. The molecule has 0 unspecified atom stereocenters. The molecule has 1 fully saturated rings. The van der Waals surface area contributed by atoms with Crippen LogP contribution in [0.15, 0.2) is 48.5 Å². The van der Waals surface area contributed by atoms with Crippen molar-refractivity contribution in [1.82, 2.24) is 10.6 Å². The van der Waals surface area contributed by atoms with Crippen molar-refractivity contribution in [2.24, 2.45) is 5.92 Å². The van der Waals surface area contributed by atoms with Crippen LogP contribution in [0.2, 0.25) is 0 Å². The first-order valence-corrected chi connectivity index (χ1v) is 11.5. The van der Waals surface area contributed by atoms with Crippen LogP contribution < -0.4 is 10.6 Å². The molecule has 0 aliphatic heterocycles. The lowest BCUT2D eigenvalue weighted by molar-refractivity contribution is -0.144. The predicted octanol–water partition coefficient (Wildman–Crippen LogP) is 4.06. The van der Waals surface area contributed by atoms with Gasteiger partial charge in [0.15, 0.2) is 0 Å². The van der Waals surface area contributed by atoms with E-state index in [1.165, 1.54) is 0 Å². The Bertz CT molecular complexity index is 1010. The van der Waals surface area contributed by atoms with Crippen molar-refractivity contribution in [1.29, 1.82) is 0 Å². The van der Waals surface area contributed by atoms with Gasteiger partial charge >= 0.3 is 12.1 Å². The maximum absolute atomic E-state index is 13.1. The minimum atomic E-state index is -1.15. The summed E-state index contributed by atoms with van der Waals surface area (Å²) in [6, 6.07) is 15.2. The van der Waals surface area contributed by atoms with Crippen LogP contribution in [-0.4, -0.2) is 41.3 Å². The number of benzene rings is 2. The molecule has 0 heterocycles. The molecular weight excluding hydrogens is 420 g/mol. The third-order valence-electron chi connectivity index (χ3n) is 6.80. The highest BCUT2D eigenvalue weighted by molar-refractivity contribution is 5.93. The molecule has 7 heteroatoms. The van der Waals surface area contributed by atoms with Gasteiger partial charge in [0.2, 0.25) is 5.91 Å². The van der Waals surface area contributed by atoms with E-state index in [2.05, 4.69) is 22.8 Å². The summed E-state index contributed by atoms with van der Waals surface area (Å²) in [4.78, 5) is 37.4. The van der Waals surface area contributed by atoms with Gasteiger partial charge in [-0.3, -0.25) is 4.79 Å². The highest BCUT2D eigenvalue weighted by Gasteiger charge is 2.44. The lowest BCUT2D eigenvalue weighted by Crippen LogP contribution is -2.60. The van der Waals surface area contributed by atoms with E-state index in [0.717, 1.165) is 35.1 Å². The summed E-state index contributed by atoms with van der Waals surface area (Å²) in [6.45, 7) is 3.63. The van der Waals surface area contributed by atoms with Crippen LogP contribution in [0.4, 0.5) is 4.79 Å². The summed E-state index contributed by atoms with van der Waals surface area (Å²) in [5.74, 6) is -1.91. The molecule has 0 bridgehead atoms. The monoisotopic (exact) mass is 450 g/mol. The smallest absolute Gasteiger partial charge is 0.408 e. The number of aliphatic carboxylic acids is 1. The molecule has 2 aromatic rings. The molecule has 0 radical (unpaired) electrons. The fourth-order valence-electron chi connectivity index (χ4n) is 5.01. The quantitative estimate of drug-likeness (QED) is 0.590. The van der Waals surface area contributed by atoms with Gasteiger partial charge in [-0.15, -0.1) is 0 Å². The number of carboxylic acid groups (broad SMARTS) is 1. The molecule has 0 saturated heterocycles. The van der Waals surface area contributed by atoms with E-state index in [0.29, 0.717) is 12.8 Å². The van der Waals surface area contributed by atoms with Crippen LogP contribution in [0, 0.1) is 5.92 Å². The van der Waals surface area contributed by atoms with Crippen LogP contribution in [0.1, 0.15) is 56.6 Å². The summed E-state index contributed by atoms with van der Waals surface area (Å²) in [7, 11) is 0. The second kappa shape index (κ2) is 9.25. The Morgan fingerprint density at radius 1 is 1.00 bits per heavy atom. The Hall–Kier alpha value is -3.35. The molecular formula is C26H30N2O5. The van der Waals surface area contributed by atoms with Crippen LogP contribution in [-0.2, 0) is 14.3 Å². The van der Waals surface area contributed by atoms with Crippen molar-refractivity contribution in [2.75, 3.05) is 6.61 Å². The topological polar surface area (TPSA) is 105 Å². The summed E-state index contributed by atoms with van der Waals surface area (Å²) < 4.78 is 5.63. The number of rotatable bonds is 7. The molecule has 33 heavy (non-hydrogen) atoms. The van der Waals surface area contributed by atoms with Gasteiger partial charge < -0.3 is 20.5 Å². The average molecular weight is 451 g/mol. The zero-order chi connectivity index (χ0) is 23.6. The Kier molecular flexibility index (Phi) is 6.40. The maximum atomic E-state index is 13.1. The molecule has 4 rings (SSSR count). The van der Waals surface area contributed by atoms with Crippen LogP contribution in [0.3, 0.4) is 0 Å². The van der Waals surface area contributed by atoms with Gasteiger partial charge in [-0.25, -0.2) is 9.59 Å². The standard InChI is InChI=1S/C26H30N2O5/c1-16(2)22(23(29)30)27-24(31)26(13-7-8-14-26)28-25(32)33-15-21-19-11-5-3-9-17(19)18-10-4-6-12-20(18)21/h3-6,9-12,16,21-22H,7-8,13-15H2,1-2H3,(H,27,31)(H,28,32)(H,29,30)/t22-/m1/s1. The van der Waals surface area contributed by atoms with E-state index < -0.39 is 29.6 Å². The number of nitrogens with one attached hydrogen (secondary N) is 2. The zero-order valence-electron chi connectivity index (χ0n) is 19.0. The summed E-state index contributed by atoms with van der Waals surface area (Å²) in [5, 5.41) is 14.8. The SMILES string of the molecule is CC(C)[C@@H](NC(=O)C1(NC(=O)OCC2c3ccccc3-c3ccccc32)CCCC1)C(=O)O. The second-order valence-corrected chi connectivity index (χ2v) is 9.27. The summed E-state index contributed by atoms with van der Waals surface area (Å²) in [5.41, 5.74) is 3.36. The number of carboxylic acids is 1. The molecule has 0 aromatic heterocycles. The second-order valence-electron chi connectivity index (χ2n) is 9.27. The van der Waals surface area contributed by atoms with Crippen molar-refractivity contribution >= 4 is 18.0 Å². The molecule has 2 amide bonds. The number of fused-ring (bicyclic) bond motifs is 3. The first-order valence-electron chi connectivity index (χ1n) is 11.5. The molecule has 7 nitrogen and oxygen atoms in total. The van der Waals surface area contributed by atoms with E-state index in [1.54, 1.807) is 13.8 Å². The van der Waals surface area contributed by atoms with Gasteiger partial charge in [-0.2, -0.15) is 0 Å². The zero-order valence-corrected chi connectivity index (χ0v) is 19.0. The fraction of sp³-hybridized carbons (Fsp3) is 0.423. The Labute approximate surface area is 193 Å². The molecule has 174 valence electrons. The van der Waals surface area contributed by atoms with Gasteiger partial charge in [0, 0.05) is 5.92 Å². The average Bonchev–Trinajstić information content (AvgIpc) is 3.39. The maximum Gasteiger partial charge on any atom is 0.408 e. The van der Waals surface area contributed by atoms with Crippen LogP contribution in [0.5, 0.6) is 0 Å². The van der Waals surface area contributed by atoms with E-state index >= 15 is 0 Å². The number of carbonyl (C=O) groups excluding carboxylic acids is 2. The van der Waals surface area contributed by atoms with Crippen molar-refractivity contribution < 1.29 is 24.2 Å². The van der Waals surface area contributed by atoms with Gasteiger partial charge in [0.05, 0.1) is 0 Å². The van der Waals surface area contributed by atoms with E-state index in [-0.39, 0.29) is 18.4 Å². The van der Waals surface area contributed by atoms with Crippen molar-refractivity contribution in [2.45, 2.75) is 57.0 Å². The number of hydrogen-bond donors (Lipinski definition) is 3. The van der Waals surface area contributed by atoms with Gasteiger partial charge in [-0.1, -0.05) is 75.2 Å². The Balaban J connectivity index is 1.45. The molecule has 2 aromatic carbocycles. The predicted molar refractivity (Wildman–Crippen MR) is 124 cm³/mol. The lowest BCUT2D eigenvalue weighted by atomic mass is 9.94. The molecule has 1 atom stereocenters. The third kappa shape index (κ3) is 4.45. The van der Waals surface area contributed by atoms with Crippen LogP contribution >= 0.6 is 0 Å². The van der Waals surface area contributed by atoms with Gasteiger partial charge in [0.25, 0.3) is 0 Å². The number of amides is 2. The minimum Gasteiger partial charge on any atom is -0.480 e. The first-order chi connectivity index (χ1) is 15.8. The van der Waals surface area contributed by atoms with E-state index in [9.17, 15) is 19.5 Å². The number of hydrogen-bond acceptors (Lipinski definition) is 4. The number of ether oxygens (including phenoxy) is 1. The molecule has 1 saturated carbocycles. The Morgan fingerprint density at radius 3 is 2.06 bits per heavy atom. The number of carbonyl (C=O) groups is 3.